The number of nitrogens with zero attached hydrogens (tertiary/aromatic N) is 2. The van der Waals surface area contributed by atoms with Gasteiger partial charge in [0.1, 0.15) is 6.33 Å². The molecule has 0 aliphatic carbocycles. The van der Waals surface area contributed by atoms with Crippen LogP contribution in [0.4, 0.5) is 10.1 Å². The summed E-state index contributed by atoms with van der Waals surface area (Å²) in [5.74, 6) is -0.362. The van der Waals surface area contributed by atoms with Crippen molar-refractivity contribution in [3.63, 3.8) is 0 Å². The minimum atomic E-state index is -0.537. The van der Waals surface area contributed by atoms with E-state index in [0.717, 1.165) is 0 Å². The van der Waals surface area contributed by atoms with Crippen LogP contribution in [-0.2, 0) is 0 Å². The molecule has 0 aliphatic heterocycles. The van der Waals surface area contributed by atoms with Gasteiger partial charge < -0.3 is 10.5 Å². The predicted molar refractivity (Wildman–Crippen MR) is 60.6 cm³/mol. The lowest BCUT2D eigenvalue weighted by Crippen LogP contribution is -1.97. The van der Waals surface area contributed by atoms with Gasteiger partial charge in [-0.2, -0.15) is 0 Å². The summed E-state index contributed by atoms with van der Waals surface area (Å²) in [5.41, 5.74) is 5.81. The molecule has 4 nitrogen and oxygen atoms in total. The zero-order valence-electron chi connectivity index (χ0n) is 8.02. The zero-order chi connectivity index (χ0) is 11.5. The molecular weight excluding hydrogens is 277 g/mol. The number of anilines is 1. The molecule has 0 saturated heterocycles. The molecule has 0 bridgehead atoms. The van der Waals surface area contributed by atoms with Gasteiger partial charge in [-0.05, 0) is 28.1 Å². The van der Waals surface area contributed by atoms with Crippen molar-refractivity contribution in [2.45, 2.75) is 0 Å². The number of aromatic nitrogens is 2. The third kappa shape index (κ3) is 2.11. The Labute approximate surface area is 99.4 Å². The first-order valence-corrected chi connectivity index (χ1v) is 5.15. The van der Waals surface area contributed by atoms with E-state index in [9.17, 15) is 4.39 Å². The van der Waals surface area contributed by atoms with Crippen LogP contribution in [0.25, 0.3) is 0 Å². The lowest BCUT2D eigenvalue weighted by molar-refractivity contribution is 0.426. The smallest absolute Gasteiger partial charge is 0.236 e. The van der Waals surface area contributed by atoms with Gasteiger partial charge in [-0.3, -0.25) is 0 Å². The summed E-state index contributed by atoms with van der Waals surface area (Å²) in [5, 5.41) is 0. The van der Waals surface area contributed by atoms with Crippen molar-refractivity contribution in [3.05, 3.63) is 41.0 Å². The van der Waals surface area contributed by atoms with Crippen LogP contribution in [0.2, 0.25) is 0 Å². The summed E-state index contributed by atoms with van der Waals surface area (Å²) in [6.45, 7) is 0. The van der Waals surface area contributed by atoms with E-state index in [1.54, 1.807) is 6.07 Å². The largest absolute Gasteiger partial charge is 0.432 e. The summed E-state index contributed by atoms with van der Waals surface area (Å²) in [6.07, 6.45) is 2.80. The van der Waals surface area contributed by atoms with Crippen molar-refractivity contribution in [3.8, 4) is 11.6 Å². The van der Waals surface area contributed by atoms with Gasteiger partial charge in [0, 0.05) is 6.20 Å². The number of ether oxygens (including phenoxy) is 1. The van der Waals surface area contributed by atoms with Crippen molar-refractivity contribution in [2.75, 3.05) is 5.73 Å². The third-order valence-corrected chi connectivity index (χ3v) is 2.37. The van der Waals surface area contributed by atoms with E-state index in [1.807, 2.05) is 0 Å². The van der Waals surface area contributed by atoms with Gasteiger partial charge in [0.15, 0.2) is 11.6 Å². The third-order valence-electron chi connectivity index (χ3n) is 1.83. The van der Waals surface area contributed by atoms with Gasteiger partial charge in [-0.15, -0.1) is 0 Å². The van der Waals surface area contributed by atoms with Gasteiger partial charge >= 0.3 is 0 Å². The SMILES string of the molecule is Nc1cccc(F)c1Oc1ncncc1Br. The van der Waals surface area contributed by atoms with E-state index in [-0.39, 0.29) is 17.3 Å². The molecule has 0 spiro atoms. The van der Waals surface area contributed by atoms with Crippen LogP contribution in [0, 0.1) is 5.82 Å². The first-order valence-electron chi connectivity index (χ1n) is 4.36. The minimum absolute atomic E-state index is 0.0399. The predicted octanol–water partition coefficient (Wildman–Crippen LogP) is 2.75. The molecular formula is C10H7BrFN3O. The normalized spacial score (nSPS) is 10.1. The van der Waals surface area contributed by atoms with Crippen molar-refractivity contribution in [1.29, 1.82) is 0 Å². The second kappa shape index (κ2) is 4.44. The van der Waals surface area contributed by atoms with E-state index >= 15 is 0 Å². The quantitative estimate of drug-likeness (QED) is 0.861. The lowest BCUT2D eigenvalue weighted by Gasteiger charge is -2.08. The number of halogens is 2. The second-order valence-corrected chi connectivity index (χ2v) is 3.79. The van der Waals surface area contributed by atoms with Crippen LogP contribution in [0.3, 0.4) is 0 Å². The number of para-hydroxylation sites is 1. The van der Waals surface area contributed by atoms with E-state index in [1.165, 1.54) is 24.7 Å². The molecule has 0 fully saturated rings. The zero-order valence-corrected chi connectivity index (χ0v) is 9.61. The van der Waals surface area contributed by atoms with Gasteiger partial charge in [0.2, 0.25) is 5.88 Å². The van der Waals surface area contributed by atoms with Crippen molar-refractivity contribution >= 4 is 21.6 Å². The number of hydrogen-bond acceptors (Lipinski definition) is 4. The molecule has 1 heterocycles. The summed E-state index contributed by atoms with van der Waals surface area (Å²) in [7, 11) is 0. The highest BCUT2D eigenvalue weighted by Crippen LogP contribution is 2.32. The average Bonchev–Trinajstić information content (AvgIpc) is 2.26. The van der Waals surface area contributed by atoms with Crippen molar-refractivity contribution < 1.29 is 9.13 Å². The van der Waals surface area contributed by atoms with Gasteiger partial charge in [0.25, 0.3) is 0 Å². The molecule has 16 heavy (non-hydrogen) atoms. The van der Waals surface area contributed by atoms with Crippen LogP contribution >= 0.6 is 15.9 Å². The van der Waals surface area contributed by atoms with Crippen LogP contribution < -0.4 is 10.5 Å². The molecule has 6 heteroatoms. The molecule has 0 atom stereocenters. The van der Waals surface area contributed by atoms with Gasteiger partial charge in [-0.25, -0.2) is 14.4 Å². The Hall–Kier alpha value is -1.69. The molecule has 2 rings (SSSR count). The molecule has 0 aliphatic rings. The Bertz CT molecular complexity index is 501. The number of hydrogen-bond donors (Lipinski definition) is 1. The fraction of sp³-hybridized carbons (Fsp3) is 0. The van der Waals surface area contributed by atoms with Crippen LogP contribution in [0.15, 0.2) is 35.2 Å². The Kier molecular flexibility index (Phi) is 3.00. The lowest BCUT2D eigenvalue weighted by atomic mass is 10.3. The Morgan fingerprint density at radius 2 is 2.19 bits per heavy atom. The first-order chi connectivity index (χ1) is 7.68. The maximum atomic E-state index is 13.4. The Balaban J connectivity index is 2.38. The highest BCUT2D eigenvalue weighted by atomic mass is 79.9. The Morgan fingerprint density at radius 1 is 1.38 bits per heavy atom. The molecule has 1 aromatic carbocycles. The maximum absolute atomic E-state index is 13.4. The standard InChI is InChI=1S/C10H7BrFN3O/c11-6-4-14-5-15-10(6)16-9-7(12)2-1-3-8(9)13/h1-5H,13H2. The van der Waals surface area contributed by atoms with Crippen molar-refractivity contribution in [1.82, 2.24) is 9.97 Å². The van der Waals surface area contributed by atoms with Crippen LogP contribution in [0.5, 0.6) is 11.6 Å². The summed E-state index contributed by atoms with van der Waals surface area (Å²) in [4.78, 5) is 7.62. The number of rotatable bonds is 2. The van der Waals surface area contributed by atoms with E-state index < -0.39 is 5.82 Å². The summed E-state index contributed by atoms with van der Waals surface area (Å²) in [6, 6.07) is 4.32. The van der Waals surface area contributed by atoms with Gasteiger partial charge in [0.05, 0.1) is 10.2 Å². The van der Waals surface area contributed by atoms with E-state index in [2.05, 4.69) is 25.9 Å². The Morgan fingerprint density at radius 3 is 2.88 bits per heavy atom. The van der Waals surface area contributed by atoms with E-state index in [4.69, 9.17) is 10.5 Å². The maximum Gasteiger partial charge on any atom is 0.236 e. The molecule has 0 radical (unpaired) electrons. The van der Waals surface area contributed by atoms with Crippen LogP contribution in [-0.4, -0.2) is 9.97 Å². The highest BCUT2D eigenvalue weighted by molar-refractivity contribution is 9.10. The van der Waals surface area contributed by atoms with Crippen LogP contribution in [0.1, 0.15) is 0 Å². The summed E-state index contributed by atoms with van der Waals surface area (Å²) >= 11 is 3.19. The molecule has 82 valence electrons. The van der Waals surface area contributed by atoms with Gasteiger partial charge in [-0.1, -0.05) is 6.07 Å². The summed E-state index contributed by atoms with van der Waals surface area (Å²) < 4.78 is 19.2. The molecule has 1 aromatic heterocycles. The van der Waals surface area contributed by atoms with Crippen molar-refractivity contribution in [2.24, 2.45) is 0 Å². The van der Waals surface area contributed by atoms with E-state index in [0.29, 0.717) is 4.47 Å². The fourth-order valence-electron chi connectivity index (χ4n) is 1.11. The number of nitrogens with two attached hydrogens (primary N) is 1. The minimum Gasteiger partial charge on any atom is -0.432 e. The molecule has 0 amide bonds. The number of benzene rings is 1. The second-order valence-electron chi connectivity index (χ2n) is 2.94. The topological polar surface area (TPSA) is 61.0 Å². The fourth-order valence-corrected chi connectivity index (χ4v) is 1.41. The first kappa shape index (κ1) is 10.8. The number of nitrogen functional groups attached to an aromatic ring is 1. The monoisotopic (exact) mass is 283 g/mol. The highest BCUT2D eigenvalue weighted by Gasteiger charge is 2.11. The molecule has 2 aromatic rings. The average molecular weight is 284 g/mol. The molecule has 2 N–H and O–H groups in total. The molecule has 0 saturated carbocycles. The molecule has 0 unspecified atom stereocenters.